The largest absolute Gasteiger partial charge is 0.331 e. The van der Waals surface area contributed by atoms with Gasteiger partial charge in [0.25, 0.3) is 0 Å². The Hall–Kier alpha value is -3.36. The molecule has 3 aromatic carbocycles. The fraction of sp³-hybridized carbons (Fsp3) is 0.192. The number of anilines is 1. The number of urea groups is 1. The molecule has 2 amide bonds. The number of nitrogens with one attached hydrogen (secondary N) is 2. The molecule has 1 heterocycles. The van der Waals surface area contributed by atoms with Crippen LogP contribution in [0.5, 0.6) is 0 Å². The van der Waals surface area contributed by atoms with Crippen molar-refractivity contribution in [2.45, 2.75) is 38.2 Å². The summed E-state index contributed by atoms with van der Waals surface area (Å²) < 4.78 is 15.2. The second kappa shape index (κ2) is 10.9. The number of benzene rings is 3. The smallest absolute Gasteiger partial charge is 0.319 e. The maximum Gasteiger partial charge on any atom is 0.319 e. The Morgan fingerprint density at radius 2 is 1.77 bits per heavy atom. The second-order valence-electron chi connectivity index (χ2n) is 8.21. The Morgan fingerprint density at radius 3 is 2.51 bits per heavy atom. The number of amides is 2. The first-order chi connectivity index (χ1) is 16.8. The van der Waals surface area contributed by atoms with Gasteiger partial charge in [-0.2, -0.15) is 0 Å². The van der Waals surface area contributed by atoms with Gasteiger partial charge in [0.15, 0.2) is 11.0 Å². The third kappa shape index (κ3) is 6.21. The van der Waals surface area contributed by atoms with Crippen LogP contribution in [0.4, 0.5) is 14.9 Å². The molecule has 2 N–H and O–H groups in total. The summed E-state index contributed by atoms with van der Waals surface area (Å²) in [6, 6.07) is 17.5. The second-order valence-corrected chi connectivity index (χ2v) is 9.59. The minimum absolute atomic E-state index is 0.160. The number of aromatic nitrogens is 3. The molecule has 4 aromatic rings. The fourth-order valence-electron chi connectivity index (χ4n) is 3.58. The highest BCUT2D eigenvalue weighted by molar-refractivity contribution is 7.98. The Bertz CT molecular complexity index is 1360. The van der Waals surface area contributed by atoms with Crippen LogP contribution in [0.25, 0.3) is 5.69 Å². The third-order valence-corrected chi connectivity index (χ3v) is 6.67. The van der Waals surface area contributed by atoms with Gasteiger partial charge in [-0.05, 0) is 67.8 Å². The Labute approximate surface area is 212 Å². The number of hydrogen-bond acceptors (Lipinski definition) is 4. The highest BCUT2D eigenvalue weighted by Gasteiger charge is 2.18. The predicted molar refractivity (Wildman–Crippen MR) is 139 cm³/mol. The molecule has 1 aromatic heterocycles. The number of hydrogen-bond donors (Lipinski definition) is 2. The summed E-state index contributed by atoms with van der Waals surface area (Å²) in [5.41, 5.74) is 5.63. The third-order valence-electron chi connectivity index (χ3n) is 5.43. The van der Waals surface area contributed by atoms with Crippen LogP contribution >= 0.6 is 23.4 Å². The molecule has 35 heavy (non-hydrogen) atoms. The van der Waals surface area contributed by atoms with Crippen molar-refractivity contribution >= 4 is 35.1 Å². The lowest BCUT2D eigenvalue weighted by Crippen LogP contribution is -2.29. The Morgan fingerprint density at radius 1 is 1.00 bits per heavy atom. The average molecular weight is 510 g/mol. The molecule has 0 saturated carbocycles. The van der Waals surface area contributed by atoms with E-state index < -0.39 is 0 Å². The summed E-state index contributed by atoms with van der Waals surface area (Å²) in [6.45, 7) is 6.09. The molecular weight excluding hydrogens is 485 g/mol. The van der Waals surface area contributed by atoms with Crippen molar-refractivity contribution in [3.63, 3.8) is 0 Å². The lowest BCUT2D eigenvalue weighted by molar-refractivity contribution is 0.251. The average Bonchev–Trinajstić information content (AvgIpc) is 3.23. The van der Waals surface area contributed by atoms with E-state index in [0.29, 0.717) is 21.8 Å². The summed E-state index contributed by atoms with van der Waals surface area (Å²) in [5, 5.41) is 15.7. The van der Waals surface area contributed by atoms with E-state index in [9.17, 15) is 9.18 Å². The van der Waals surface area contributed by atoms with E-state index >= 15 is 0 Å². The van der Waals surface area contributed by atoms with Crippen molar-refractivity contribution in [3.05, 3.63) is 99.6 Å². The first-order valence-corrected chi connectivity index (χ1v) is 12.4. The van der Waals surface area contributed by atoms with Gasteiger partial charge in [-0.15, -0.1) is 10.2 Å². The summed E-state index contributed by atoms with van der Waals surface area (Å²) >= 11 is 7.77. The standard InChI is InChI=1S/C26H25ClFN5OS/c1-16-4-11-22(18(3)12-16)30-25(34)29-14-24-31-32-26(35-15-19-6-9-21(28)10-7-19)33(24)23-13-20(27)8-5-17(23)2/h4-13H,14-15H2,1-3H3,(H2,29,30,34). The first-order valence-electron chi connectivity index (χ1n) is 11.0. The predicted octanol–water partition coefficient (Wildman–Crippen LogP) is 6.60. The van der Waals surface area contributed by atoms with Crippen LogP contribution in [0, 0.1) is 26.6 Å². The van der Waals surface area contributed by atoms with E-state index in [-0.39, 0.29) is 18.4 Å². The van der Waals surface area contributed by atoms with Gasteiger partial charge in [0.1, 0.15) is 5.82 Å². The summed E-state index contributed by atoms with van der Waals surface area (Å²) in [5.74, 6) is 0.871. The van der Waals surface area contributed by atoms with E-state index in [1.165, 1.54) is 23.9 Å². The lowest BCUT2D eigenvalue weighted by atomic mass is 10.1. The van der Waals surface area contributed by atoms with Gasteiger partial charge in [-0.25, -0.2) is 9.18 Å². The van der Waals surface area contributed by atoms with Crippen LogP contribution in [0.2, 0.25) is 5.02 Å². The van der Waals surface area contributed by atoms with Crippen molar-refractivity contribution in [2.24, 2.45) is 0 Å². The summed E-state index contributed by atoms with van der Waals surface area (Å²) in [4.78, 5) is 12.6. The molecule has 4 rings (SSSR count). The maximum atomic E-state index is 13.3. The molecule has 0 radical (unpaired) electrons. The minimum Gasteiger partial charge on any atom is -0.331 e. The fourth-order valence-corrected chi connectivity index (χ4v) is 4.67. The molecule has 0 saturated heterocycles. The van der Waals surface area contributed by atoms with Crippen LogP contribution in [-0.2, 0) is 12.3 Å². The molecule has 6 nitrogen and oxygen atoms in total. The SMILES string of the molecule is Cc1ccc(NC(=O)NCc2nnc(SCc3ccc(F)cc3)n2-c2cc(Cl)ccc2C)c(C)c1. The Balaban J connectivity index is 1.55. The lowest BCUT2D eigenvalue weighted by Gasteiger charge is -2.14. The molecule has 0 aliphatic heterocycles. The molecule has 0 atom stereocenters. The maximum absolute atomic E-state index is 13.3. The zero-order valence-corrected chi connectivity index (χ0v) is 21.2. The molecule has 0 aliphatic carbocycles. The summed E-state index contributed by atoms with van der Waals surface area (Å²) in [7, 11) is 0. The zero-order valence-electron chi connectivity index (χ0n) is 19.6. The number of aryl methyl sites for hydroxylation is 3. The van der Waals surface area contributed by atoms with Gasteiger partial charge < -0.3 is 10.6 Å². The molecule has 0 bridgehead atoms. The van der Waals surface area contributed by atoms with Crippen LogP contribution in [0.15, 0.2) is 65.8 Å². The van der Waals surface area contributed by atoms with Crippen molar-refractivity contribution in [2.75, 3.05) is 5.32 Å². The number of rotatable bonds is 7. The van der Waals surface area contributed by atoms with Gasteiger partial charge in [-0.3, -0.25) is 4.57 Å². The van der Waals surface area contributed by atoms with Crippen LogP contribution < -0.4 is 10.6 Å². The normalized spacial score (nSPS) is 10.9. The quantitative estimate of drug-likeness (QED) is 0.275. The molecule has 0 fully saturated rings. The van der Waals surface area contributed by atoms with Gasteiger partial charge in [-0.1, -0.05) is 59.3 Å². The molecule has 0 aliphatic rings. The number of nitrogens with zero attached hydrogens (tertiary/aromatic N) is 3. The first kappa shape index (κ1) is 24.8. The topological polar surface area (TPSA) is 71.8 Å². The number of thioether (sulfide) groups is 1. The van der Waals surface area contributed by atoms with Gasteiger partial charge in [0.05, 0.1) is 12.2 Å². The zero-order chi connectivity index (χ0) is 24.9. The molecule has 180 valence electrons. The highest BCUT2D eigenvalue weighted by atomic mass is 35.5. The number of carbonyl (C=O) groups excluding carboxylic acids is 1. The van der Waals surface area contributed by atoms with Crippen molar-refractivity contribution in [1.82, 2.24) is 20.1 Å². The van der Waals surface area contributed by atoms with Crippen LogP contribution in [0.3, 0.4) is 0 Å². The molecule has 9 heteroatoms. The van der Waals surface area contributed by atoms with E-state index in [2.05, 4.69) is 20.8 Å². The van der Waals surface area contributed by atoms with E-state index in [0.717, 1.165) is 33.6 Å². The number of halogens is 2. The van der Waals surface area contributed by atoms with Crippen molar-refractivity contribution < 1.29 is 9.18 Å². The van der Waals surface area contributed by atoms with Crippen LogP contribution in [-0.4, -0.2) is 20.8 Å². The minimum atomic E-state index is -0.338. The molecule has 0 spiro atoms. The van der Waals surface area contributed by atoms with Gasteiger partial charge in [0, 0.05) is 16.5 Å². The van der Waals surface area contributed by atoms with Crippen LogP contribution in [0.1, 0.15) is 28.1 Å². The van der Waals surface area contributed by atoms with E-state index in [4.69, 9.17) is 11.6 Å². The van der Waals surface area contributed by atoms with Gasteiger partial charge >= 0.3 is 6.03 Å². The highest BCUT2D eigenvalue weighted by Crippen LogP contribution is 2.28. The van der Waals surface area contributed by atoms with E-state index in [1.807, 2.05) is 61.7 Å². The molecular formula is C26H25ClFN5OS. The van der Waals surface area contributed by atoms with Crippen molar-refractivity contribution in [3.8, 4) is 5.69 Å². The van der Waals surface area contributed by atoms with Gasteiger partial charge in [0.2, 0.25) is 0 Å². The molecule has 0 unspecified atom stereocenters. The van der Waals surface area contributed by atoms with E-state index in [1.54, 1.807) is 12.1 Å². The number of carbonyl (C=O) groups is 1. The monoisotopic (exact) mass is 509 g/mol. The Kier molecular flexibility index (Phi) is 7.73. The van der Waals surface area contributed by atoms with Crippen molar-refractivity contribution in [1.29, 1.82) is 0 Å². The summed E-state index contributed by atoms with van der Waals surface area (Å²) in [6.07, 6.45) is 0.